The third-order valence-corrected chi connectivity index (χ3v) is 4.26. The number of hydrogen-bond acceptors (Lipinski definition) is 4. The number of nitrogens with zero attached hydrogens (tertiary/aromatic N) is 2. The highest BCUT2D eigenvalue weighted by Gasteiger charge is 2.33. The van der Waals surface area contributed by atoms with Crippen molar-refractivity contribution in [2.75, 3.05) is 19.7 Å². The molecule has 6 nitrogen and oxygen atoms in total. The van der Waals surface area contributed by atoms with Crippen molar-refractivity contribution in [2.24, 2.45) is 7.05 Å². The molecule has 6 heteroatoms. The summed E-state index contributed by atoms with van der Waals surface area (Å²) in [7, 11) is 1.95. The summed E-state index contributed by atoms with van der Waals surface area (Å²) in [6.45, 7) is 3.79. The van der Waals surface area contributed by atoms with Crippen molar-refractivity contribution < 1.29 is 9.53 Å². The number of nitrogens with one attached hydrogen (secondary N) is 2. The molecule has 110 valence electrons. The van der Waals surface area contributed by atoms with Crippen molar-refractivity contribution in [3.8, 4) is 0 Å². The first-order chi connectivity index (χ1) is 9.57. The van der Waals surface area contributed by atoms with Crippen molar-refractivity contribution in [2.45, 2.75) is 37.8 Å². The molecule has 20 heavy (non-hydrogen) atoms. The number of ether oxygens (including phenoxy) is 1. The number of aryl methyl sites for hydroxylation is 1. The smallest absolute Gasteiger partial charge is 0.246 e. The molecule has 3 rings (SSSR count). The molecular weight excluding hydrogens is 256 g/mol. The van der Waals surface area contributed by atoms with Gasteiger partial charge in [0.25, 0.3) is 0 Å². The minimum Gasteiger partial charge on any atom is -0.363 e. The third-order valence-electron chi connectivity index (χ3n) is 4.26. The standard InChI is InChI=1S/C14H22N4O2/c1-14(8-15-9-14)20-7-13(19)17-11-4-3-5-12-10(11)6-16-18(12)2/h6,11,15H,3-5,7-9H2,1-2H3,(H,17,19). The van der Waals surface area contributed by atoms with Crippen molar-refractivity contribution >= 4 is 5.91 Å². The minimum absolute atomic E-state index is 0.0418. The van der Waals surface area contributed by atoms with Crippen LogP contribution in [0.2, 0.25) is 0 Å². The Morgan fingerprint density at radius 2 is 2.45 bits per heavy atom. The predicted molar refractivity (Wildman–Crippen MR) is 74.3 cm³/mol. The summed E-state index contributed by atoms with van der Waals surface area (Å²) in [5.41, 5.74) is 2.21. The summed E-state index contributed by atoms with van der Waals surface area (Å²) in [5, 5.41) is 10.5. The molecule has 0 aromatic carbocycles. The van der Waals surface area contributed by atoms with Crippen molar-refractivity contribution in [3.63, 3.8) is 0 Å². The van der Waals surface area contributed by atoms with Crippen LogP contribution in [0.25, 0.3) is 0 Å². The van der Waals surface area contributed by atoms with Gasteiger partial charge in [0, 0.05) is 31.4 Å². The molecule has 1 unspecified atom stereocenters. The highest BCUT2D eigenvalue weighted by atomic mass is 16.5. The molecule has 0 radical (unpaired) electrons. The van der Waals surface area contributed by atoms with Gasteiger partial charge in [-0.05, 0) is 26.2 Å². The summed E-state index contributed by atoms with van der Waals surface area (Å²) >= 11 is 0. The van der Waals surface area contributed by atoms with Gasteiger partial charge in [-0.2, -0.15) is 5.10 Å². The van der Waals surface area contributed by atoms with Gasteiger partial charge in [0.1, 0.15) is 6.61 Å². The quantitative estimate of drug-likeness (QED) is 0.831. The molecule has 0 bridgehead atoms. The lowest BCUT2D eigenvalue weighted by Gasteiger charge is -2.38. The van der Waals surface area contributed by atoms with E-state index in [0.717, 1.165) is 37.9 Å². The maximum atomic E-state index is 12.0. The largest absolute Gasteiger partial charge is 0.363 e. The Bertz CT molecular complexity index is 507. The highest BCUT2D eigenvalue weighted by molar-refractivity contribution is 5.77. The Morgan fingerprint density at radius 1 is 1.65 bits per heavy atom. The van der Waals surface area contributed by atoms with Gasteiger partial charge in [-0.1, -0.05) is 0 Å². The van der Waals surface area contributed by atoms with Crippen molar-refractivity contribution in [3.05, 3.63) is 17.5 Å². The number of carbonyl (C=O) groups is 1. The fourth-order valence-electron chi connectivity index (χ4n) is 2.91. The van der Waals surface area contributed by atoms with Gasteiger partial charge in [-0.25, -0.2) is 0 Å². The molecule has 1 atom stereocenters. The van der Waals surface area contributed by atoms with Gasteiger partial charge >= 0.3 is 0 Å². The van der Waals surface area contributed by atoms with E-state index in [9.17, 15) is 4.79 Å². The topological polar surface area (TPSA) is 68.2 Å². The molecule has 0 saturated carbocycles. The van der Waals surface area contributed by atoms with E-state index < -0.39 is 0 Å². The van der Waals surface area contributed by atoms with Crippen LogP contribution in [-0.2, 0) is 23.0 Å². The molecule has 2 aliphatic rings. The number of aromatic nitrogens is 2. The van der Waals surface area contributed by atoms with Gasteiger partial charge < -0.3 is 15.4 Å². The molecule has 1 fully saturated rings. The zero-order valence-electron chi connectivity index (χ0n) is 12.1. The summed E-state index contributed by atoms with van der Waals surface area (Å²) < 4.78 is 7.57. The SMILES string of the molecule is Cn1ncc2c1CCCC2NC(=O)COC1(C)CNC1. The normalized spacial score (nSPS) is 23.8. The minimum atomic E-state index is -0.177. The molecule has 1 saturated heterocycles. The van der Waals surface area contributed by atoms with E-state index in [2.05, 4.69) is 15.7 Å². The van der Waals surface area contributed by atoms with Crippen molar-refractivity contribution in [1.29, 1.82) is 0 Å². The van der Waals surface area contributed by atoms with Crippen LogP contribution in [0, 0.1) is 0 Å². The van der Waals surface area contributed by atoms with E-state index >= 15 is 0 Å². The van der Waals surface area contributed by atoms with Gasteiger partial charge in [-0.3, -0.25) is 9.48 Å². The fourth-order valence-corrected chi connectivity index (χ4v) is 2.91. The third kappa shape index (κ3) is 2.58. The summed E-state index contributed by atoms with van der Waals surface area (Å²) in [4.78, 5) is 12.0. The lowest BCUT2D eigenvalue weighted by Crippen LogP contribution is -2.59. The van der Waals surface area contributed by atoms with E-state index in [1.165, 1.54) is 5.69 Å². The van der Waals surface area contributed by atoms with E-state index in [4.69, 9.17) is 4.74 Å². The summed E-state index contributed by atoms with van der Waals surface area (Å²) in [6.07, 6.45) is 4.97. The Morgan fingerprint density at radius 3 is 3.15 bits per heavy atom. The lowest BCUT2D eigenvalue weighted by molar-refractivity contribution is -0.136. The molecule has 2 N–H and O–H groups in total. The van der Waals surface area contributed by atoms with Gasteiger partial charge in [0.05, 0.1) is 17.8 Å². The van der Waals surface area contributed by atoms with E-state index in [-0.39, 0.29) is 24.2 Å². The van der Waals surface area contributed by atoms with Crippen LogP contribution in [0.3, 0.4) is 0 Å². The molecule has 1 amide bonds. The van der Waals surface area contributed by atoms with Crippen LogP contribution < -0.4 is 10.6 Å². The van der Waals surface area contributed by atoms with Gasteiger partial charge in [0.2, 0.25) is 5.91 Å². The van der Waals surface area contributed by atoms with Crippen LogP contribution in [-0.4, -0.2) is 41.0 Å². The maximum absolute atomic E-state index is 12.0. The predicted octanol–water partition coefficient (Wildman–Crippen LogP) is 0.292. The second-order valence-electron chi connectivity index (χ2n) is 6.02. The molecule has 2 heterocycles. The van der Waals surface area contributed by atoms with Crippen LogP contribution >= 0.6 is 0 Å². The number of carbonyl (C=O) groups excluding carboxylic acids is 1. The molecule has 1 aliphatic heterocycles. The second-order valence-corrected chi connectivity index (χ2v) is 6.02. The van der Waals surface area contributed by atoms with Crippen LogP contribution in [0.5, 0.6) is 0 Å². The van der Waals surface area contributed by atoms with E-state index in [0.29, 0.717) is 0 Å². The Labute approximate surface area is 118 Å². The summed E-state index contributed by atoms with van der Waals surface area (Å²) in [5.74, 6) is -0.0418. The number of amides is 1. The molecule has 1 aromatic heterocycles. The molecule has 1 aromatic rings. The zero-order chi connectivity index (χ0) is 14.2. The maximum Gasteiger partial charge on any atom is 0.246 e. The number of rotatable bonds is 4. The van der Waals surface area contributed by atoms with E-state index in [1.54, 1.807) is 0 Å². The van der Waals surface area contributed by atoms with Crippen LogP contribution in [0.1, 0.15) is 37.1 Å². The average molecular weight is 278 g/mol. The fraction of sp³-hybridized carbons (Fsp3) is 0.714. The van der Waals surface area contributed by atoms with Gasteiger partial charge in [0.15, 0.2) is 0 Å². The monoisotopic (exact) mass is 278 g/mol. The Kier molecular flexibility index (Phi) is 3.52. The first kappa shape index (κ1) is 13.6. The second kappa shape index (κ2) is 5.18. The molecular formula is C14H22N4O2. The van der Waals surface area contributed by atoms with Crippen LogP contribution in [0.4, 0.5) is 0 Å². The van der Waals surface area contributed by atoms with Gasteiger partial charge in [-0.15, -0.1) is 0 Å². The van der Waals surface area contributed by atoms with Crippen LogP contribution in [0.15, 0.2) is 6.20 Å². The Balaban J connectivity index is 1.56. The molecule has 1 aliphatic carbocycles. The zero-order valence-corrected chi connectivity index (χ0v) is 12.1. The first-order valence-electron chi connectivity index (χ1n) is 7.22. The number of fused-ring (bicyclic) bond motifs is 1. The molecule has 0 spiro atoms. The average Bonchev–Trinajstić information content (AvgIpc) is 2.77. The highest BCUT2D eigenvalue weighted by Crippen LogP contribution is 2.29. The summed E-state index contributed by atoms with van der Waals surface area (Å²) in [6, 6.07) is 0.0795. The first-order valence-corrected chi connectivity index (χ1v) is 7.22. The van der Waals surface area contributed by atoms with Crippen molar-refractivity contribution in [1.82, 2.24) is 20.4 Å². The lowest BCUT2D eigenvalue weighted by atomic mass is 9.93. The Hall–Kier alpha value is -1.40. The van der Waals surface area contributed by atoms with E-state index in [1.807, 2.05) is 24.9 Å². The number of hydrogen-bond donors (Lipinski definition) is 2.